The number of carbonyl (C=O) groups excluding carboxylic acids is 2. The predicted octanol–water partition coefficient (Wildman–Crippen LogP) is 3.57. The van der Waals surface area contributed by atoms with Gasteiger partial charge in [-0.2, -0.15) is 0 Å². The number of likely N-dealkylation sites (tertiary alicyclic amines) is 1. The lowest BCUT2D eigenvalue weighted by molar-refractivity contribution is -0.164. The highest BCUT2D eigenvalue weighted by Crippen LogP contribution is 2.55. The number of fused-ring (bicyclic) bond motifs is 1. The van der Waals surface area contributed by atoms with E-state index in [0.29, 0.717) is 60.9 Å². The first-order chi connectivity index (χ1) is 17.8. The van der Waals surface area contributed by atoms with E-state index >= 15 is 0 Å². The molecule has 0 spiro atoms. The fraction of sp³-hybridized carbons (Fsp3) is 0.630. The molecule has 0 unspecified atom stereocenters. The van der Waals surface area contributed by atoms with Gasteiger partial charge in [0.1, 0.15) is 6.33 Å². The van der Waals surface area contributed by atoms with Crippen LogP contribution < -0.4 is 5.01 Å². The van der Waals surface area contributed by atoms with E-state index in [1.54, 1.807) is 39.1 Å². The number of piperidine rings is 1. The standard InChI is InChI=1S/C27H35N5O5/c1-2-30(27(36)29-7-5-18(6-8-29)26(34)35)31-15-28-22-14-19(3-4-23(22)31)25(33)32(37)24-20-10-16-9-17(12-20)13-21(24)11-16/h3-4,14-18,20-21,24,37H,2,5-13H2,1H3,(H,34,35). The summed E-state index contributed by atoms with van der Waals surface area (Å²) >= 11 is 0. The summed E-state index contributed by atoms with van der Waals surface area (Å²) in [6.45, 7) is 3.07. The van der Waals surface area contributed by atoms with Crippen LogP contribution in [0.4, 0.5) is 4.79 Å². The molecule has 4 bridgehead atoms. The number of hydroxylamine groups is 2. The molecule has 7 rings (SSSR count). The number of amides is 3. The van der Waals surface area contributed by atoms with Crippen molar-refractivity contribution in [3.8, 4) is 0 Å². The number of aromatic nitrogens is 2. The van der Waals surface area contributed by atoms with Gasteiger partial charge in [0.15, 0.2) is 0 Å². The number of hydrogen-bond donors (Lipinski definition) is 2. The van der Waals surface area contributed by atoms with Crippen molar-refractivity contribution in [3.63, 3.8) is 0 Å². The Morgan fingerprint density at radius 1 is 1.03 bits per heavy atom. The van der Waals surface area contributed by atoms with E-state index in [-0.39, 0.29) is 12.1 Å². The van der Waals surface area contributed by atoms with Gasteiger partial charge in [0.2, 0.25) is 0 Å². The van der Waals surface area contributed by atoms with Crippen molar-refractivity contribution < 1.29 is 24.7 Å². The molecular weight excluding hydrogens is 474 g/mol. The van der Waals surface area contributed by atoms with Crippen LogP contribution in [0, 0.1) is 29.6 Å². The Labute approximate surface area is 215 Å². The van der Waals surface area contributed by atoms with Crippen LogP contribution in [0.2, 0.25) is 0 Å². The molecule has 0 radical (unpaired) electrons. The first-order valence-corrected chi connectivity index (χ1v) is 13.6. The van der Waals surface area contributed by atoms with Crippen molar-refractivity contribution in [1.82, 2.24) is 19.6 Å². The molecule has 1 aliphatic heterocycles. The molecule has 5 fully saturated rings. The fourth-order valence-corrected chi connectivity index (χ4v) is 7.75. The Kier molecular flexibility index (Phi) is 6.09. The fourth-order valence-electron chi connectivity index (χ4n) is 7.75. The number of urea groups is 1. The summed E-state index contributed by atoms with van der Waals surface area (Å²) in [7, 11) is 0. The van der Waals surface area contributed by atoms with Crippen molar-refractivity contribution >= 4 is 28.9 Å². The predicted molar refractivity (Wildman–Crippen MR) is 135 cm³/mol. The van der Waals surface area contributed by atoms with E-state index in [9.17, 15) is 24.7 Å². The van der Waals surface area contributed by atoms with E-state index in [2.05, 4.69) is 4.98 Å². The van der Waals surface area contributed by atoms with Crippen LogP contribution in [0.5, 0.6) is 0 Å². The number of carbonyl (C=O) groups is 3. The van der Waals surface area contributed by atoms with Gasteiger partial charge in [-0.05, 0) is 93.7 Å². The molecule has 198 valence electrons. The van der Waals surface area contributed by atoms with Gasteiger partial charge in [0.25, 0.3) is 5.91 Å². The molecule has 3 amide bonds. The number of aliphatic carboxylic acids is 1. The molecule has 0 atom stereocenters. The Morgan fingerprint density at radius 2 is 1.68 bits per heavy atom. The molecule has 2 heterocycles. The van der Waals surface area contributed by atoms with Gasteiger partial charge in [0, 0.05) is 25.2 Å². The van der Waals surface area contributed by atoms with Gasteiger partial charge in [-0.3, -0.25) is 14.8 Å². The first kappa shape index (κ1) is 24.2. The summed E-state index contributed by atoms with van der Waals surface area (Å²) in [4.78, 5) is 44.0. The number of rotatable bonds is 5. The number of carboxylic acids is 1. The minimum atomic E-state index is -0.810. The van der Waals surface area contributed by atoms with Crippen molar-refractivity contribution in [2.75, 3.05) is 24.6 Å². The molecule has 2 aromatic rings. The normalized spacial score (nSPS) is 29.0. The zero-order chi connectivity index (χ0) is 25.8. The summed E-state index contributed by atoms with van der Waals surface area (Å²) in [6, 6.07) is 4.84. The topological polar surface area (TPSA) is 119 Å². The highest BCUT2D eigenvalue weighted by atomic mass is 16.5. The van der Waals surface area contributed by atoms with Crippen LogP contribution >= 0.6 is 0 Å². The summed E-state index contributed by atoms with van der Waals surface area (Å²) in [5.41, 5.74) is 1.64. The Hall–Kier alpha value is -3.14. The van der Waals surface area contributed by atoms with E-state index in [1.807, 2.05) is 6.92 Å². The zero-order valence-electron chi connectivity index (χ0n) is 21.2. The largest absolute Gasteiger partial charge is 0.481 e. The monoisotopic (exact) mass is 509 g/mol. The molecule has 1 aromatic heterocycles. The van der Waals surface area contributed by atoms with E-state index in [0.717, 1.165) is 42.6 Å². The highest BCUT2D eigenvalue weighted by molar-refractivity contribution is 5.97. The summed E-state index contributed by atoms with van der Waals surface area (Å²) in [5, 5.41) is 22.9. The molecule has 10 nitrogen and oxygen atoms in total. The van der Waals surface area contributed by atoms with Gasteiger partial charge in [-0.15, -0.1) is 0 Å². The molecule has 1 saturated heterocycles. The van der Waals surface area contributed by atoms with Crippen molar-refractivity contribution in [1.29, 1.82) is 0 Å². The van der Waals surface area contributed by atoms with Gasteiger partial charge in [-0.1, -0.05) is 0 Å². The van der Waals surface area contributed by atoms with Crippen LogP contribution in [0.3, 0.4) is 0 Å². The molecular formula is C27H35N5O5. The van der Waals surface area contributed by atoms with Crippen LogP contribution in [-0.2, 0) is 4.79 Å². The molecule has 10 heteroatoms. The molecule has 5 aliphatic rings. The van der Waals surface area contributed by atoms with Crippen LogP contribution in [0.1, 0.15) is 62.2 Å². The van der Waals surface area contributed by atoms with Crippen molar-refractivity contribution in [2.45, 2.75) is 57.9 Å². The van der Waals surface area contributed by atoms with E-state index in [4.69, 9.17) is 0 Å². The third kappa shape index (κ3) is 4.15. The average Bonchev–Trinajstić information content (AvgIpc) is 3.31. The van der Waals surface area contributed by atoms with Crippen molar-refractivity contribution in [2.24, 2.45) is 29.6 Å². The maximum absolute atomic E-state index is 13.3. The molecule has 37 heavy (non-hydrogen) atoms. The van der Waals surface area contributed by atoms with Crippen LogP contribution in [-0.4, -0.2) is 73.5 Å². The van der Waals surface area contributed by atoms with Crippen molar-refractivity contribution in [3.05, 3.63) is 30.1 Å². The number of hydrogen-bond acceptors (Lipinski definition) is 5. The van der Waals surface area contributed by atoms with E-state index < -0.39 is 17.8 Å². The minimum Gasteiger partial charge on any atom is -0.481 e. The number of benzene rings is 1. The van der Waals surface area contributed by atoms with Crippen LogP contribution in [0.15, 0.2) is 24.5 Å². The second-order valence-electron chi connectivity index (χ2n) is 11.5. The maximum Gasteiger partial charge on any atom is 0.339 e. The summed E-state index contributed by atoms with van der Waals surface area (Å²) in [5.74, 6) is 0.684. The lowest BCUT2D eigenvalue weighted by Gasteiger charge is -2.55. The molecule has 2 N–H and O–H groups in total. The smallest absolute Gasteiger partial charge is 0.339 e. The average molecular weight is 510 g/mol. The summed E-state index contributed by atoms with van der Waals surface area (Å²) in [6.07, 6.45) is 8.21. The third-order valence-corrected chi connectivity index (χ3v) is 9.34. The number of carboxylic acid groups (broad SMARTS) is 1. The number of nitrogens with zero attached hydrogens (tertiary/aromatic N) is 5. The minimum absolute atomic E-state index is 0.105. The molecule has 4 saturated carbocycles. The van der Waals surface area contributed by atoms with Gasteiger partial charge in [0.05, 0.1) is 23.0 Å². The Morgan fingerprint density at radius 3 is 2.27 bits per heavy atom. The first-order valence-electron chi connectivity index (χ1n) is 13.6. The second-order valence-corrected chi connectivity index (χ2v) is 11.5. The van der Waals surface area contributed by atoms with Crippen LogP contribution in [0.25, 0.3) is 11.0 Å². The van der Waals surface area contributed by atoms with Gasteiger partial charge >= 0.3 is 12.0 Å². The maximum atomic E-state index is 13.3. The number of imidazole rings is 1. The lowest BCUT2D eigenvalue weighted by Crippen LogP contribution is -2.56. The Balaban J connectivity index is 1.18. The lowest BCUT2D eigenvalue weighted by atomic mass is 9.54. The zero-order valence-corrected chi connectivity index (χ0v) is 21.2. The van der Waals surface area contributed by atoms with E-state index in [1.165, 1.54) is 6.42 Å². The Bertz CT molecular complexity index is 1190. The van der Waals surface area contributed by atoms with Gasteiger partial charge in [-0.25, -0.2) is 24.5 Å². The molecule has 1 aromatic carbocycles. The SMILES string of the molecule is CCN(C(=O)N1CCC(C(=O)O)CC1)n1cnc2cc(C(=O)N(O)C3C4CC5CC(C4)CC3C5)ccc21. The quantitative estimate of drug-likeness (QED) is 0.470. The third-order valence-electron chi connectivity index (χ3n) is 9.34. The second kappa shape index (κ2) is 9.31. The highest BCUT2D eigenvalue weighted by Gasteiger charge is 2.51. The molecule has 4 aliphatic carbocycles. The summed E-state index contributed by atoms with van der Waals surface area (Å²) < 4.78 is 1.68. The van der Waals surface area contributed by atoms with Gasteiger partial charge < -0.3 is 10.0 Å².